The highest BCUT2D eigenvalue weighted by molar-refractivity contribution is 5.96. The van der Waals surface area contributed by atoms with Crippen LogP contribution in [-0.2, 0) is 0 Å². The number of phenols is 2. The topological polar surface area (TPSA) is 108 Å². The fraction of sp³-hybridized carbons (Fsp3) is 0.0909. The zero-order valence-corrected chi connectivity index (χ0v) is 8.72. The molecule has 0 spiro atoms. The van der Waals surface area contributed by atoms with Crippen LogP contribution in [0, 0.1) is 6.92 Å². The van der Waals surface area contributed by atoms with Crippen LogP contribution in [0.5, 0.6) is 11.5 Å². The molecule has 0 radical (unpaired) electrons. The maximum absolute atomic E-state index is 11.4. The minimum atomic E-state index is -1.42. The number of aromatic carboxylic acids is 1. The number of rotatable bonds is 1. The minimum Gasteiger partial charge on any atom is -0.508 e. The number of fused-ring (bicyclic) bond motifs is 1. The van der Waals surface area contributed by atoms with Crippen LogP contribution >= 0.6 is 0 Å². The third-order valence-electron chi connectivity index (χ3n) is 2.45. The fourth-order valence-corrected chi connectivity index (χ4v) is 1.66. The van der Waals surface area contributed by atoms with Gasteiger partial charge in [0.05, 0.1) is 0 Å². The van der Waals surface area contributed by atoms with Gasteiger partial charge < -0.3 is 19.7 Å². The van der Waals surface area contributed by atoms with Crippen molar-refractivity contribution >= 4 is 16.9 Å². The van der Waals surface area contributed by atoms with E-state index in [1.165, 1.54) is 13.0 Å². The zero-order valence-electron chi connectivity index (χ0n) is 8.72. The lowest BCUT2D eigenvalue weighted by Gasteiger charge is -2.06. The van der Waals surface area contributed by atoms with E-state index < -0.39 is 22.9 Å². The Morgan fingerprint density at radius 2 is 1.94 bits per heavy atom. The summed E-state index contributed by atoms with van der Waals surface area (Å²) in [5, 5.41) is 27.8. The summed E-state index contributed by atoms with van der Waals surface area (Å²) in [4.78, 5) is 22.3. The molecule has 0 aliphatic heterocycles. The molecule has 0 saturated carbocycles. The molecule has 1 aromatic heterocycles. The molecule has 1 aromatic carbocycles. The van der Waals surface area contributed by atoms with Gasteiger partial charge in [-0.15, -0.1) is 0 Å². The second kappa shape index (κ2) is 3.51. The molecule has 0 aliphatic rings. The van der Waals surface area contributed by atoms with Crippen molar-refractivity contribution in [3.63, 3.8) is 0 Å². The number of phenolic OH excluding ortho intramolecular Hbond substituents is 2. The molecular formula is C11H8O6. The summed E-state index contributed by atoms with van der Waals surface area (Å²) in [5.74, 6) is -2.08. The number of hydrogen-bond donors (Lipinski definition) is 3. The van der Waals surface area contributed by atoms with E-state index >= 15 is 0 Å². The second-order valence-corrected chi connectivity index (χ2v) is 3.54. The Morgan fingerprint density at radius 1 is 1.29 bits per heavy atom. The van der Waals surface area contributed by atoms with Crippen LogP contribution in [0.1, 0.15) is 15.9 Å². The van der Waals surface area contributed by atoms with Crippen LogP contribution in [0.15, 0.2) is 21.3 Å². The van der Waals surface area contributed by atoms with Crippen molar-refractivity contribution in [3.8, 4) is 11.5 Å². The molecule has 6 heteroatoms. The van der Waals surface area contributed by atoms with Crippen LogP contribution in [0.4, 0.5) is 0 Å². The summed E-state index contributed by atoms with van der Waals surface area (Å²) in [6.45, 7) is 1.40. The smallest absolute Gasteiger partial charge is 0.351 e. The summed E-state index contributed by atoms with van der Waals surface area (Å²) in [6, 6.07) is 2.23. The molecule has 1 heterocycles. The summed E-state index contributed by atoms with van der Waals surface area (Å²) < 4.78 is 4.72. The van der Waals surface area contributed by atoms with Gasteiger partial charge in [-0.1, -0.05) is 0 Å². The predicted molar refractivity (Wildman–Crippen MR) is 57.5 cm³/mol. The van der Waals surface area contributed by atoms with Crippen LogP contribution in [0.25, 0.3) is 11.0 Å². The maximum Gasteiger partial charge on any atom is 0.351 e. The number of aromatic hydroxyl groups is 2. The van der Waals surface area contributed by atoms with Gasteiger partial charge in [0.25, 0.3) is 0 Å². The molecule has 6 nitrogen and oxygen atoms in total. The molecule has 3 N–H and O–H groups in total. The zero-order chi connectivity index (χ0) is 12.7. The number of carboxylic acids is 1. The minimum absolute atomic E-state index is 0.134. The Labute approximate surface area is 94.4 Å². The van der Waals surface area contributed by atoms with E-state index in [-0.39, 0.29) is 22.3 Å². The number of carbonyl (C=O) groups is 1. The molecule has 0 bridgehead atoms. The van der Waals surface area contributed by atoms with Crippen molar-refractivity contribution in [2.45, 2.75) is 6.92 Å². The summed E-state index contributed by atoms with van der Waals surface area (Å²) >= 11 is 0. The van der Waals surface area contributed by atoms with Gasteiger partial charge in [-0.05, 0) is 18.6 Å². The Hall–Kier alpha value is -2.50. The average molecular weight is 236 g/mol. The number of hydrogen-bond acceptors (Lipinski definition) is 5. The maximum atomic E-state index is 11.4. The van der Waals surface area contributed by atoms with Crippen molar-refractivity contribution in [1.29, 1.82) is 0 Å². The second-order valence-electron chi connectivity index (χ2n) is 3.54. The molecule has 2 rings (SSSR count). The van der Waals surface area contributed by atoms with E-state index in [4.69, 9.17) is 9.52 Å². The largest absolute Gasteiger partial charge is 0.508 e. The molecule has 0 amide bonds. The predicted octanol–water partition coefficient (Wildman–Crippen LogP) is 1.21. The van der Waals surface area contributed by atoms with E-state index in [0.29, 0.717) is 0 Å². The van der Waals surface area contributed by atoms with Crippen molar-refractivity contribution in [1.82, 2.24) is 0 Å². The van der Waals surface area contributed by atoms with Crippen LogP contribution < -0.4 is 5.63 Å². The Kier molecular flexibility index (Phi) is 2.27. The van der Waals surface area contributed by atoms with E-state index in [1.54, 1.807) is 0 Å². The first-order valence-electron chi connectivity index (χ1n) is 4.64. The molecule has 0 saturated heterocycles. The third kappa shape index (κ3) is 1.59. The summed E-state index contributed by atoms with van der Waals surface area (Å²) in [6.07, 6.45) is 0. The first-order chi connectivity index (χ1) is 7.91. The van der Waals surface area contributed by atoms with Crippen LogP contribution in [0.2, 0.25) is 0 Å². The van der Waals surface area contributed by atoms with E-state index in [0.717, 1.165) is 6.07 Å². The van der Waals surface area contributed by atoms with E-state index in [2.05, 4.69) is 0 Å². The van der Waals surface area contributed by atoms with Gasteiger partial charge in [0.15, 0.2) is 11.3 Å². The lowest BCUT2D eigenvalue weighted by atomic mass is 10.1. The number of carboxylic acid groups (broad SMARTS) is 1. The standard InChI is InChI=1S/C11H8O6/c1-4-6-2-5(12)3-7(13)9(6)17-11(16)8(4)10(14)15/h2-3,12-13H,1H3,(H,14,15). The Morgan fingerprint density at radius 3 is 2.53 bits per heavy atom. The number of aryl methyl sites for hydroxylation is 1. The molecular weight excluding hydrogens is 228 g/mol. The van der Waals surface area contributed by atoms with Crippen molar-refractivity contribution in [2.75, 3.05) is 0 Å². The third-order valence-corrected chi connectivity index (χ3v) is 2.45. The average Bonchev–Trinajstić information content (AvgIpc) is 2.19. The molecule has 88 valence electrons. The Balaban J connectivity index is 3.02. The van der Waals surface area contributed by atoms with Gasteiger partial charge in [0, 0.05) is 11.5 Å². The molecule has 0 fully saturated rings. The summed E-state index contributed by atoms with van der Waals surface area (Å²) in [7, 11) is 0. The highest BCUT2D eigenvalue weighted by Crippen LogP contribution is 2.31. The fourth-order valence-electron chi connectivity index (χ4n) is 1.66. The quantitative estimate of drug-likeness (QED) is 0.642. The lowest BCUT2D eigenvalue weighted by Crippen LogP contribution is -2.15. The molecule has 17 heavy (non-hydrogen) atoms. The molecule has 0 aliphatic carbocycles. The monoisotopic (exact) mass is 236 g/mol. The van der Waals surface area contributed by atoms with Crippen LogP contribution in [0.3, 0.4) is 0 Å². The normalized spacial score (nSPS) is 10.6. The highest BCUT2D eigenvalue weighted by atomic mass is 16.4. The van der Waals surface area contributed by atoms with Gasteiger partial charge in [-0.25, -0.2) is 9.59 Å². The van der Waals surface area contributed by atoms with Crippen molar-refractivity contribution in [2.24, 2.45) is 0 Å². The lowest BCUT2D eigenvalue weighted by molar-refractivity contribution is 0.0691. The van der Waals surface area contributed by atoms with Gasteiger partial charge in [-0.2, -0.15) is 0 Å². The molecule has 0 unspecified atom stereocenters. The van der Waals surface area contributed by atoms with Crippen molar-refractivity contribution < 1.29 is 24.5 Å². The van der Waals surface area contributed by atoms with Crippen molar-refractivity contribution in [3.05, 3.63) is 33.7 Å². The van der Waals surface area contributed by atoms with E-state index in [1.807, 2.05) is 0 Å². The molecule has 0 atom stereocenters. The van der Waals surface area contributed by atoms with Gasteiger partial charge in [0.1, 0.15) is 11.3 Å². The summed E-state index contributed by atoms with van der Waals surface area (Å²) in [5.41, 5.74) is -1.56. The SMILES string of the molecule is Cc1c(C(=O)O)c(=O)oc2c(O)cc(O)cc12. The Bertz CT molecular complexity index is 682. The van der Waals surface area contributed by atoms with Gasteiger partial charge in [0.2, 0.25) is 0 Å². The molecule has 2 aromatic rings. The number of benzene rings is 1. The van der Waals surface area contributed by atoms with Gasteiger partial charge >= 0.3 is 11.6 Å². The van der Waals surface area contributed by atoms with Crippen LogP contribution in [-0.4, -0.2) is 21.3 Å². The van der Waals surface area contributed by atoms with Gasteiger partial charge in [-0.3, -0.25) is 0 Å². The first kappa shape index (κ1) is 11.0. The van der Waals surface area contributed by atoms with E-state index in [9.17, 15) is 19.8 Å². The highest BCUT2D eigenvalue weighted by Gasteiger charge is 2.19. The first-order valence-corrected chi connectivity index (χ1v) is 4.64.